The van der Waals surface area contributed by atoms with E-state index in [1.54, 1.807) is 11.8 Å². The number of hydrogen-bond donors (Lipinski definition) is 0. The van der Waals surface area contributed by atoms with Crippen LogP contribution in [0.5, 0.6) is 0 Å². The lowest BCUT2D eigenvalue weighted by Gasteiger charge is -2.10. The molecule has 1 atom stereocenters. The Balaban J connectivity index is 2.21. The lowest BCUT2D eigenvalue weighted by molar-refractivity contribution is 0.715. The fraction of sp³-hybridized carbons (Fsp3) is 0.500. The maximum atomic E-state index is 5.41. The highest BCUT2D eigenvalue weighted by Gasteiger charge is 2.06. The van der Waals surface area contributed by atoms with Gasteiger partial charge in [-0.25, -0.2) is 0 Å². The summed E-state index contributed by atoms with van der Waals surface area (Å²) in [5.74, 6) is 0.993. The quantitative estimate of drug-likeness (QED) is 0.632. The van der Waals surface area contributed by atoms with E-state index in [0.717, 1.165) is 9.28 Å². The van der Waals surface area contributed by atoms with Gasteiger partial charge in [-0.05, 0) is 12.0 Å². The first kappa shape index (κ1) is 15.1. The van der Waals surface area contributed by atoms with Crippen LogP contribution in [0.2, 0.25) is 0 Å². The Hall–Kier alpha value is 0.01000. The number of hydrogen-bond acceptors (Lipinski definition) is 3. The van der Waals surface area contributed by atoms with Gasteiger partial charge >= 0.3 is 0 Å². The predicted molar refractivity (Wildman–Crippen MR) is 86.9 cm³/mol. The largest absolute Gasteiger partial charge is 0.105 e. The minimum atomic E-state index is 0.658. The van der Waals surface area contributed by atoms with Gasteiger partial charge in [0.2, 0.25) is 0 Å². The van der Waals surface area contributed by atoms with Crippen molar-refractivity contribution in [2.45, 2.75) is 44.1 Å². The van der Waals surface area contributed by atoms with Crippen LogP contribution in [0.1, 0.15) is 38.7 Å². The maximum absolute atomic E-state index is 5.41. The Morgan fingerprint density at radius 1 is 1.29 bits per heavy atom. The highest BCUT2D eigenvalue weighted by molar-refractivity contribution is 8.47. The van der Waals surface area contributed by atoms with E-state index in [1.807, 2.05) is 17.8 Å². The zero-order chi connectivity index (χ0) is 12.5. The van der Waals surface area contributed by atoms with Gasteiger partial charge in [0.05, 0.1) is 0 Å². The highest BCUT2D eigenvalue weighted by atomic mass is 32.2. The van der Waals surface area contributed by atoms with E-state index in [9.17, 15) is 0 Å². The van der Waals surface area contributed by atoms with Crippen molar-refractivity contribution in [1.29, 1.82) is 0 Å². The molecule has 1 aromatic carbocycles. The average molecular weight is 285 g/mol. The molecule has 1 aromatic rings. The van der Waals surface area contributed by atoms with Crippen LogP contribution in [-0.4, -0.2) is 8.78 Å². The van der Waals surface area contributed by atoms with Crippen LogP contribution in [0.25, 0.3) is 0 Å². The molecule has 1 unspecified atom stereocenters. The molecule has 0 spiro atoms. The van der Waals surface area contributed by atoms with Gasteiger partial charge in [0.1, 0.15) is 3.53 Å². The minimum absolute atomic E-state index is 0.658. The molecule has 1 rings (SSSR count). The van der Waals surface area contributed by atoms with Gasteiger partial charge < -0.3 is 0 Å². The molecule has 3 heteroatoms. The van der Waals surface area contributed by atoms with E-state index in [0.29, 0.717) is 5.25 Å². The van der Waals surface area contributed by atoms with Crippen molar-refractivity contribution in [2.75, 3.05) is 0 Å². The SMILES string of the molecule is CCCCC(C)SC(=S)SCc1ccccc1. The van der Waals surface area contributed by atoms with Crippen molar-refractivity contribution in [1.82, 2.24) is 0 Å². The fourth-order valence-corrected chi connectivity index (χ4v) is 4.17. The summed E-state index contributed by atoms with van der Waals surface area (Å²) in [6.07, 6.45) is 3.85. The van der Waals surface area contributed by atoms with Crippen molar-refractivity contribution >= 4 is 39.3 Å². The Morgan fingerprint density at radius 2 is 2.00 bits per heavy atom. The van der Waals surface area contributed by atoms with Crippen LogP contribution in [-0.2, 0) is 5.75 Å². The standard InChI is InChI=1S/C14H20S3/c1-3-4-8-12(2)17-14(15)16-11-13-9-6-5-7-10-13/h5-7,9-10,12H,3-4,8,11H2,1-2H3. The molecule has 0 aliphatic carbocycles. The van der Waals surface area contributed by atoms with Crippen LogP contribution in [0.4, 0.5) is 0 Å². The molecular formula is C14H20S3. The zero-order valence-corrected chi connectivity index (χ0v) is 13.0. The van der Waals surface area contributed by atoms with E-state index >= 15 is 0 Å². The Labute approximate surface area is 119 Å². The molecule has 0 heterocycles. The zero-order valence-electron chi connectivity index (χ0n) is 10.5. The minimum Gasteiger partial charge on any atom is -0.105 e. The van der Waals surface area contributed by atoms with E-state index < -0.39 is 0 Å². The smallest absolute Gasteiger partial charge is 0.104 e. The monoisotopic (exact) mass is 284 g/mol. The number of unbranched alkanes of at least 4 members (excludes halogenated alkanes) is 1. The first-order valence-electron chi connectivity index (χ1n) is 6.09. The van der Waals surface area contributed by atoms with Crippen LogP contribution in [0.15, 0.2) is 30.3 Å². The summed E-state index contributed by atoms with van der Waals surface area (Å²) >= 11 is 9.04. The molecule has 0 amide bonds. The molecule has 94 valence electrons. The molecule has 0 nitrogen and oxygen atoms in total. The molecular weight excluding hydrogens is 264 g/mol. The van der Waals surface area contributed by atoms with Crippen molar-refractivity contribution in [3.05, 3.63) is 35.9 Å². The van der Waals surface area contributed by atoms with Gasteiger partial charge in [-0.15, -0.1) is 23.5 Å². The van der Waals surface area contributed by atoms with Gasteiger partial charge in [-0.1, -0.05) is 69.2 Å². The van der Waals surface area contributed by atoms with Gasteiger partial charge in [-0.2, -0.15) is 0 Å². The summed E-state index contributed by atoms with van der Waals surface area (Å²) in [5, 5.41) is 0.658. The summed E-state index contributed by atoms with van der Waals surface area (Å²) < 4.78 is 1.08. The lowest BCUT2D eigenvalue weighted by atomic mass is 10.2. The number of thiocarbonyl (C=S) groups is 1. The van der Waals surface area contributed by atoms with Gasteiger partial charge in [0.15, 0.2) is 0 Å². The van der Waals surface area contributed by atoms with E-state index in [-0.39, 0.29) is 0 Å². The first-order valence-corrected chi connectivity index (χ1v) is 8.37. The maximum Gasteiger partial charge on any atom is 0.104 e. The summed E-state index contributed by atoms with van der Waals surface area (Å²) in [5.41, 5.74) is 1.35. The van der Waals surface area contributed by atoms with Crippen molar-refractivity contribution < 1.29 is 0 Å². The van der Waals surface area contributed by atoms with E-state index in [2.05, 4.69) is 38.1 Å². The number of rotatable bonds is 6. The van der Waals surface area contributed by atoms with Gasteiger partial charge in [0.25, 0.3) is 0 Å². The molecule has 0 fully saturated rings. The lowest BCUT2D eigenvalue weighted by Crippen LogP contribution is -1.98. The summed E-state index contributed by atoms with van der Waals surface area (Å²) in [4.78, 5) is 0. The molecule has 0 bridgehead atoms. The molecule has 0 saturated carbocycles. The van der Waals surface area contributed by atoms with Gasteiger partial charge in [0, 0.05) is 11.0 Å². The fourth-order valence-electron chi connectivity index (χ4n) is 1.47. The Morgan fingerprint density at radius 3 is 2.65 bits per heavy atom. The van der Waals surface area contributed by atoms with Crippen LogP contribution >= 0.6 is 35.7 Å². The molecule has 0 aromatic heterocycles. The molecule has 0 saturated heterocycles. The average Bonchev–Trinajstić information content (AvgIpc) is 2.35. The molecule has 0 aliphatic heterocycles. The van der Waals surface area contributed by atoms with Gasteiger partial charge in [-0.3, -0.25) is 0 Å². The number of benzene rings is 1. The van der Waals surface area contributed by atoms with Crippen LogP contribution in [0.3, 0.4) is 0 Å². The normalized spacial score (nSPS) is 12.4. The highest BCUT2D eigenvalue weighted by Crippen LogP contribution is 2.27. The van der Waals surface area contributed by atoms with Crippen molar-refractivity contribution in [3.63, 3.8) is 0 Å². The Kier molecular flexibility index (Phi) is 7.99. The topological polar surface area (TPSA) is 0 Å². The third kappa shape index (κ3) is 7.12. The van der Waals surface area contributed by atoms with E-state index in [1.165, 1.54) is 24.8 Å². The summed E-state index contributed by atoms with van der Waals surface area (Å²) in [6, 6.07) is 10.5. The predicted octanol–water partition coefficient (Wildman–Crippen LogP) is 5.52. The van der Waals surface area contributed by atoms with Crippen molar-refractivity contribution in [3.8, 4) is 0 Å². The number of thioether (sulfide) groups is 2. The summed E-state index contributed by atoms with van der Waals surface area (Å²) in [6.45, 7) is 4.51. The van der Waals surface area contributed by atoms with Crippen molar-refractivity contribution in [2.24, 2.45) is 0 Å². The summed E-state index contributed by atoms with van der Waals surface area (Å²) in [7, 11) is 0. The van der Waals surface area contributed by atoms with E-state index in [4.69, 9.17) is 12.2 Å². The second-order valence-corrected chi connectivity index (χ2v) is 7.71. The second kappa shape index (κ2) is 9.01. The third-order valence-electron chi connectivity index (χ3n) is 2.46. The Bertz CT molecular complexity index is 321. The van der Waals surface area contributed by atoms with Crippen LogP contribution < -0.4 is 0 Å². The molecule has 0 N–H and O–H groups in total. The van der Waals surface area contributed by atoms with Crippen LogP contribution in [0, 0.1) is 0 Å². The molecule has 0 radical (unpaired) electrons. The third-order valence-corrected chi connectivity index (χ3v) is 5.29. The first-order chi connectivity index (χ1) is 8.22. The molecule has 17 heavy (non-hydrogen) atoms. The molecule has 0 aliphatic rings. The second-order valence-electron chi connectivity index (χ2n) is 4.09.